The summed E-state index contributed by atoms with van der Waals surface area (Å²) in [6.45, 7) is 1.47. The zero-order valence-corrected chi connectivity index (χ0v) is 10.7. The highest BCUT2D eigenvalue weighted by Gasteiger charge is 2.63. The number of halogens is 7. The molecule has 0 saturated carbocycles. The van der Waals surface area contributed by atoms with E-state index in [1.165, 1.54) is 24.4 Å². The third-order valence-electron chi connectivity index (χ3n) is 2.16. The summed E-state index contributed by atoms with van der Waals surface area (Å²) in [5.74, 6) is -8.09. The quantitative estimate of drug-likeness (QED) is 0.802. The number of alkyl halides is 5. The van der Waals surface area contributed by atoms with Gasteiger partial charge in [-0.3, -0.25) is 4.79 Å². The van der Waals surface area contributed by atoms with Crippen molar-refractivity contribution in [3.63, 3.8) is 0 Å². The number of rotatable bonds is 2. The van der Waals surface area contributed by atoms with Crippen LogP contribution in [-0.2, 0) is 4.79 Å². The average Bonchev–Trinajstić information content (AvgIpc) is 2.27. The summed E-state index contributed by atoms with van der Waals surface area (Å²) in [4.78, 5) is 11.0. The maximum absolute atomic E-state index is 12.8. The Labute approximate surface area is 114 Å². The number of anilines is 1. The number of hydrogen-bond donors (Lipinski definition) is 1. The molecule has 1 rings (SSSR count). The lowest BCUT2D eigenvalue weighted by atomic mass is 10.2. The second-order valence-electron chi connectivity index (χ2n) is 3.58. The fraction of sp³-hybridized carbons (Fsp3) is 0.300. The number of nitrogens with one attached hydrogen (secondary N) is 1. The molecule has 19 heavy (non-hydrogen) atoms. The van der Waals surface area contributed by atoms with Crippen molar-refractivity contribution in [3.05, 3.63) is 27.7 Å². The summed E-state index contributed by atoms with van der Waals surface area (Å²) in [6, 6.07) is 2.63. The molecule has 1 aromatic rings. The minimum Gasteiger partial charge on any atom is -0.318 e. The average molecular weight is 322 g/mol. The lowest BCUT2D eigenvalue weighted by Gasteiger charge is -2.19. The molecule has 1 N–H and O–H groups in total. The van der Waals surface area contributed by atoms with Crippen LogP contribution in [-0.4, -0.2) is 18.0 Å². The van der Waals surface area contributed by atoms with Gasteiger partial charge in [0.25, 0.3) is 0 Å². The first-order valence-electron chi connectivity index (χ1n) is 4.69. The summed E-state index contributed by atoms with van der Waals surface area (Å²) in [5.41, 5.74) is -0.131. The lowest BCUT2D eigenvalue weighted by molar-refractivity contribution is -0.267. The predicted molar refractivity (Wildman–Crippen MR) is 60.8 cm³/mol. The van der Waals surface area contributed by atoms with E-state index in [4.69, 9.17) is 23.2 Å². The standard InChI is InChI=1S/C10H6Cl2F5NO/c1-4-2-3-5(11)7(6(4)12)18-8(19)9(13,14)10(15,16)17/h2-3H,1H3,(H,18,19). The van der Waals surface area contributed by atoms with E-state index in [1.807, 2.05) is 0 Å². The molecule has 0 atom stereocenters. The molecule has 0 bridgehead atoms. The van der Waals surface area contributed by atoms with Gasteiger partial charge in [0.05, 0.1) is 15.7 Å². The smallest absolute Gasteiger partial charge is 0.318 e. The van der Waals surface area contributed by atoms with E-state index in [0.717, 1.165) is 0 Å². The van der Waals surface area contributed by atoms with E-state index >= 15 is 0 Å². The number of aryl methyl sites for hydroxylation is 1. The van der Waals surface area contributed by atoms with Gasteiger partial charge in [0.15, 0.2) is 0 Å². The second-order valence-corrected chi connectivity index (χ2v) is 4.36. The second kappa shape index (κ2) is 5.13. The van der Waals surface area contributed by atoms with Crippen molar-refractivity contribution < 1.29 is 26.7 Å². The zero-order chi connectivity index (χ0) is 15.0. The number of benzene rings is 1. The summed E-state index contributed by atoms with van der Waals surface area (Å²) in [5, 5.41) is 0.936. The maximum atomic E-state index is 12.8. The molecule has 0 radical (unpaired) electrons. The highest BCUT2D eigenvalue weighted by molar-refractivity contribution is 6.40. The largest absolute Gasteiger partial charge is 0.463 e. The fourth-order valence-electron chi connectivity index (χ4n) is 1.09. The van der Waals surface area contributed by atoms with E-state index < -0.39 is 23.7 Å². The van der Waals surface area contributed by atoms with Gasteiger partial charge in [-0.05, 0) is 18.6 Å². The Kier molecular flexibility index (Phi) is 4.31. The van der Waals surface area contributed by atoms with Crippen LogP contribution in [0, 0.1) is 6.92 Å². The Hall–Kier alpha value is -1.08. The molecule has 0 heterocycles. The van der Waals surface area contributed by atoms with Crippen LogP contribution in [0.25, 0.3) is 0 Å². The molecule has 106 valence electrons. The van der Waals surface area contributed by atoms with Crippen molar-refractivity contribution >= 4 is 34.8 Å². The van der Waals surface area contributed by atoms with Crippen LogP contribution >= 0.6 is 23.2 Å². The van der Waals surface area contributed by atoms with Crippen LogP contribution in [0.3, 0.4) is 0 Å². The zero-order valence-electron chi connectivity index (χ0n) is 9.21. The molecule has 0 fully saturated rings. The summed E-state index contributed by atoms with van der Waals surface area (Å²) in [6.07, 6.45) is -6.00. The first kappa shape index (κ1) is 16.0. The molecule has 0 aliphatic carbocycles. The Morgan fingerprint density at radius 3 is 2.16 bits per heavy atom. The van der Waals surface area contributed by atoms with Gasteiger partial charge in [0.2, 0.25) is 0 Å². The van der Waals surface area contributed by atoms with Crippen LogP contribution in [0.15, 0.2) is 12.1 Å². The van der Waals surface area contributed by atoms with Gasteiger partial charge < -0.3 is 5.32 Å². The van der Waals surface area contributed by atoms with Gasteiger partial charge in [0, 0.05) is 0 Å². The molecule has 2 nitrogen and oxygen atoms in total. The Morgan fingerprint density at radius 1 is 1.16 bits per heavy atom. The van der Waals surface area contributed by atoms with E-state index in [0.29, 0.717) is 5.56 Å². The monoisotopic (exact) mass is 321 g/mol. The van der Waals surface area contributed by atoms with E-state index in [9.17, 15) is 26.7 Å². The van der Waals surface area contributed by atoms with Crippen LogP contribution in [0.2, 0.25) is 10.0 Å². The summed E-state index contributed by atoms with van der Waals surface area (Å²) >= 11 is 11.3. The van der Waals surface area contributed by atoms with Crippen LogP contribution in [0.5, 0.6) is 0 Å². The topological polar surface area (TPSA) is 29.1 Å². The first-order chi connectivity index (χ1) is 8.48. The van der Waals surface area contributed by atoms with Crippen LogP contribution in [0.4, 0.5) is 27.6 Å². The van der Waals surface area contributed by atoms with E-state index in [-0.39, 0.29) is 10.0 Å². The van der Waals surface area contributed by atoms with Gasteiger partial charge in [-0.1, -0.05) is 29.3 Å². The van der Waals surface area contributed by atoms with Gasteiger partial charge in [-0.25, -0.2) is 0 Å². The molecule has 0 aliphatic heterocycles. The molecular formula is C10H6Cl2F5NO. The Balaban J connectivity index is 3.12. The molecule has 0 saturated heterocycles. The van der Waals surface area contributed by atoms with Gasteiger partial charge in [0.1, 0.15) is 0 Å². The Morgan fingerprint density at radius 2 is 1.68 bits per heavy atom. The molecule has 0 aromatic heterocycles. The molecule has 9 heteroatoms. The molecular weight excluding hydrogens is 316 g/mol. The number of hydrogen-bond acceptors (Lipinski definition) is 1. The third-order valence-corrected chi connectivity index (χ3v) is 2.97. The number of carbonyl (C=O) groups excluding carboxylic acids is 1. The molecule has 0 spiro atoms. The Bertz CT molecular complexity index is 515. The predicted octanol–water partition coefficient (Wildman–Crippen LogP) is 4.44. The van der Waals surface area contributed by atoms with Crippen LogP contribution in [0.1, 0.15) is 5.56 Å². The first-order valence-corrected chi connectivity index (χ1v) is 5.44. The highest BCUT2D eigenvalue weighted by atomic mass is 35.5. The lowest BCUT2D eigenvalue weighted by Crippen LogP contribution is -2.47. The van der Waals surface area contributed by atoms with Crippen molar-refractivity contribution in [2.24, 2.45) is 0 Å². The molecule has 1 aromatic carbocycles. The summed E-state index contributed by atoms with van der Waals surface area (Å²) in [7, 11) is 0. The SMILES string of the molecule is Cc1ccc(Cl)c(NC(=O)C(F)(F)C(F)(F)F)c1Cl. The van der Waals surface area contributed by atoms with Gasteiger partial charge in [-0.15, -0.1) is 0 Å². The highest BCUT2D eigenvalue weighted by Crippen LogP contribution is 2.38. The van der Waals surface area contributed by atoms with Crippen molar-refractivity contribution in [3.8, 4) is 0 Å². The van der Waals surface area contributed by atoms with E-state index in [1.54, 1.807) is 0 Å². The van der Waals surface area contributed by atoms with Gasteiger partial charge >= 0.3 is 18.0 Å². The molecule has 1 amide bonds. The maximum Gasteiger partial charge on any atom is 0.463 e. The molecule has 0 aliphatic rings. The van der Waals surface area contributed by atoms with Crippen molar-refractivity contribution in [2.45, 2.75) is 19.0 Å². The third kappa shape index (κ3) is 3.09. The fourth-order valence-corrected chi connectivity index (χ4v) is 1.56. The van der Waals surface area contributed by atoms with Crippen LogP contribution < -0.4 is 5.32 Å². The number of amides is 1. The number of carbonyl (C=O) groups is 1. The molecule has 0 unspecified atom stereocenters. The van der Waals surface area contributed by atoms with Crippen molar-refractivity contribution in [1.29, 1.82) is 0 Å². The summed E-state index contributed by atoms with van der Waals surface area (Å²) < 4.78 is 61.5. The van der Waals surface area contributed by atoms with Gasteiger partial charge in [-0.2, -0.15) is 22.0 Å². The van der Waals surface area contributed by atoms with Crippen molar-refractivity contribution in [2.75, 3.05) is 5.32 Å². The van der Waals surface area contributed by atoms with Crippen molar-refractivity contribution in [1.82, 2.24) is 0 Å². The normalized spacial score (nSPS) is 12.4. The van der Waals surface area contributed by atoms with E-state index in [2.05, 4.69) is 0 Å². The minimum atomic E-state index is -6.00. The minimum absolute atomic E-state index is 0.209.